The van der Waals surface area contributed by atoms with Gasteiger partial charge in [0.2, 0.25) is 0 Å². The second kappa shape index (κ2) is 5.02. The molecular formula is C10H12F2O2. The number of rotatable bonds is 4. The van der Waals surface area contributed by atoms with Crippen LogP contribution in [0.2, 0.25) is 0 Å². The van der Waals surface area contributed by atoms with Gasteiger partial charge in [0.25, 0.3) is 0 Å². The minimum atomic E-state index is -0.644. The zero-order valence-electron chi connectivity index (χ0n) is 7.58. The molecule has 0 heterocycles. The highest BCUT2D eigenvalue weighted by Gasteiger charge is 2.08. The molecular weight excluding hydrogens is 190 g/mol. The Hall–Kier alpha value is -1.00. The molecule has 0 bridgehead atoms. The lowest BCUT2D eigenvalue weighted by molar-refractivity contribution is 0.150. The third kappa shape index (κ3) is 3.05. The van der Waals surface area contributed by atoms with E-state index in [0.29, 0.717) is 5.56 Å². The molecule has 0 saturated heterocycles. The van der Waals surface area contributed by atoms with Crippen LogP contribution in [0.5, 0.6) is 0 Å². The fourth-order valence-corrected chi connectivity index (χ4v) is 1.25. The average Bonchev–Trinajstić information content (AvgIpc) is 2.12. The maximum absolute atomic E-state index is 12.7. The Morgan fingerprint density at radius 1 is 1.00 bits per heavy atom. The first-order valence-electron chi connectivity index (χ1n) is 4.32. The van der Waals surface area contributed by atoms with Crippen LogP contribution in [0.15, 0.2) is 18.2 Å². The first kappa shape index (κ1) is 11.1. The van der Waals surface area contributed by atoms with Gasteiger partial charge in [-0.1, -0.05) is 0 Å². The summed E-state index contributed by atoms with van der Waals surface area (Å²) in [6.45, 7) is -0.400. The minimum Gasteiger partial charge on any atom is -0.396 e. The molecule has 0 spiro atoms. The summed E-state index contributed by atoms with van der Waals surface area (Å²) >= 11 is 0. The topological polar surface area (TPSA) is 40.5 Å². The average molecular weight is 202 g/mol. The summed E-state index contributed by atoms with van der Waals surface area (Å²) < 4.78 is 25.4. The quantitative estimate of drug-likeness (QED) is 0.767. The zero-order chi connectivity index (χ0) is 10.6. The molecule has 2 N–H and O–H groups in total. The molecule has 14 heavy (non-hydrogen) atoms. The number of halogens is 2. The maximum atomic E-state index is 12.7. The van der Waals surface area contributed by atoms with Gasteiger partial charge in [0.05, 0.1) is 0 Å². The van der Waals surface area contributed by atoms with Gasteiger partial charge in [-0.05, 0) is 24.1 Å². The Kier molecular flexibility index (Phi) is 3.98. The molecule has 1 aromatic carbocycles. The Morgan fingerprint density at radius 2 is 1.50 bits per heavy atom. The molecule has 0 aliphatic carbocycles. The Balaban J connectivity index is 2.75. The van der Waals surface area contributed by atoms with Crippen LogP contribution in [-0.4, -0.2) is 23.4 Å². The SMILES string of the molecule is OCC(CO)Cc1cc(F)cc(F)c1. The van der Waals surface area contributed by atoms with E-state index < -0.39 is 11.6 Å². The fourth-order valence-electron chi connectivity index (χ4n) is 1.25. The molecule has 0 aliphatic rings. The van der Waals surface area contributed by atoms with Crippen molar-refractivity contribution < 1.29 is 19.0 Å². The second-order valence-electron chi connectivity index (χ2n) is 3.21. The highest BCUT2D eigenvalue weighted by atomic mass is 19.1. The number of hydrogen-bond acceptors (Lipinski definition) is 2. The lowest BCUT2D eigenvalue weighted by Gasteiger charge is -2.10. The molecule has 0 amide bonds. The van der Waals surface area contributed by atoms with Crippen molar-refractivity contribution in [1.82, 2.24) is 0 Å². The standard InChI is InChI=1S/C10H12F2O2/c11-9-2-7(3-10(12)4-9)1-8(5-13)6-14/h2-4,8,13-14H,1,5-6H2. The third-order valence-electron chi connectivity index (χ3n) is 1.96. The van der Waals surface area contributed by atoms with Gasteiger partial charge in [0.1, 0.15) is 11.6 Å². The summed E-state index contributed by atoms with van der Waals surface area (Å²) in [5.41, 5.74) is 0.440. The van der Waals surface area contributed by atoms with Gasteiger partial charge in [0.15, 0.2) is 0 Å². The predicted molar refractivity (Wildman–Crippen MR) is 47.7 cm³/mol. The minimum absolute atomic E-state index is 0.200. The van der Waals surface area contributed by atoms with Gasteiger partial charge in [-0.3, -0.25) is 0 Å². The maximum Gasteiger partial charge on any atom is 0.126 e. The predicted octanol–water partition coefficient (Wildman–Crippen LogP) is 1.11. The summed E-state index contributed by atoms with van der Waals surface area (Å²) in [5.74, 6) is -1.65. The van der Waals surface area contributed by atoms with E-state index in [0.717, 1.165) is 6.07 Å². The lowest BCUT2D eigenvalue weighted by Crippen LogP contribution is -2.14. The monoisotopic (exact) mass is 202 g/mol. The first-order chi connectivity index (χ1) is 6.65. The van der Waals surface area contributed by atoms with E-state index in [4.69, 9.17) is 10.2 Å². The largest absolute Gasteiger partial charge is 0.396 e. The smallest absolute Gasteiger partial charge is 0.126 e. The molecule has 0 fully saturated rings. The first-order valence-corrected chi connectivity index (χ1v) is 4.32. The second-order valence-corrected chi connectivity index (χ2v) is 3.21. The van der Waals surface area contributed by atoms with Crippen LogP contribution >= 0.6 is 0 Å². The van der Waals surface area contributed by atoms with Crippen LogP contribution in [0, 0.1) is 17.6 Å². The zero-order valence-corrected chi connectivity index (χ0v) is 7.58. The van der Waals surface area contributed by atoms with Gasteiger partial charge in [0, 0.05) is 25.2 Å². The van der Waals surface area contributed by atoms with Gasteiger partial charge >= 0.3 is 0 Å². The molecule has 0 aliphatic heterocycles. The molecule has 1 aromatic rings. The van der Waals surface area contributed by atoms with Crippen molar-refractivity contribution in [3.63, 3.8) is 0 Å². The third-order valence-corrected chi connectivity index (χ3v) is 1.96. The molecule has 4 heteroatoms. The molecule has 0 atom stereocenters. The van der Waals surface area contributed by atoms with E-state index in [-0.39, 0.29) is 25.6 Å². The summed E-state index contributed by atoms with van der Waals surface area (Å²) in [5, 5.41) is 17.6. The van der Waals surface area contributed by atoms with Crippen LogP contribution in [0.4, 0.5) is 8.78 Å². The Bertz CT molecular complexity index is 278. The fraction of sp³-hybridized carbons (Fsp3) is 0.400. The Labute approximate surface area is 80.8 Å². The van der Waals surface area contributed by atoms with Gasteiger partial charge in [-0.25, -0.2) is 8.78 Å². The van der Waals surface area contributed by atoms with Crippen molar-refractivity contribution in [3.8, 4) is 0 Å². The molecule has 0 radical (unpaired) electrons. The normalized spacial score (nSPS) is 10.9. The Morgan fingerprint density at radius 3 is 1.93 bits per heavy atom. The van der Waals surface area contributed by atoms with Crippen molar-refractivity contribution in [2.45, 2.75) is 6.42 Å². The number of hydrogen-bond donors (Lipinski definition) is 2. The summed E-state index contributed by atoms with van der Waals surface area (Å²) in [7, 11) is 0. The van der Waals surface area contributed by atoms with E-state index in [2.05, 4.69) is 0 Å². The van der Waals surface area contributed by atoms with E-state index in [1.54, 1.807) is 0 Å². The van der Waals surface area contributed by atoms with Crippen LogP contribution in [0.25, 0.3) is 0 Å². The van der Waals surface area contributed by atoms with E-state index in [1.807, 2.05) is 0 Å². The highest BCUT2D eigenvalue weighted by molar-refractivity contribution is 5.18. The van der Waals surface area contributed by atoms with Crippen molar-refractivity contribution in [1.29, 1.82) is 0 Å². The lowest BCUT2D eigenvalue weighted by atomic mass is 10.0. The van der Waals surface area contributed by atoms with Crippen molar-refractivity contribution in [3.05, 3.63) is 35.4 Å². The number of aliphatic hydroxyl groups is 2. The summed E-state index contributed by atoms with van der Waals surface area (Å²) in [6.07, 6.45) is 0.266. The number of aliphatic hydroxyl groups excluding tert-OH is 2. The molecule has 0 saturated carbocycles. The number of benzene rings is 1. The van der Waals surface area contributed by atoms with Crippen molar-refractivity contribution >= 4 is 0 Å². The van der Waals surface area contributed by atoms with Crippen molar-refractivity contribution in [2.75, 3.05) is 13.2 Å². The molecule has 78 valence electrons. The molecule has 1 rings (SSSR count). The summed E-state index contributed by atoms with van der Waals surface area (Å²) in [6, 6.07) is 3.18. The van der Waals surface area contributed by atoms with E-state index in [9.17, 15) is 8.78 Å². The highest BCUT2D eigenvalue weighted by Crippen LogP contribution is 2.12. The van der Waals surface area contributed by atoms with Crippen LogP contribution in [-0.2, 0) is 6.42 Å². The van der Waals surface area contributed by atoms with Crippen molar-refractivity contribution in [2.24, 2.45) is 5.92 Å². The van der Waals surface area contributed by atoms with Gasteiger partial charge in [-0.2, -0.15) is 0 Å². The van der Waals surface area contributed by atoms with Crippen LogP contribution in [0.1, 0.15) is 5.56 Å². The summed E-state index contributed by atoms with van der Waals surface area (Å²) in [4.78, 5) is 0. The van der Waals surface area contributed by atoms with Crippen LogP contribution in [0.3, 0.4) is 0 Å². The molecule has 2 nitrogen and oxygen atoms in total. The van der Waals surface area contributed by atoms with E-state index in [1.165, 1.54) is 12.1 Å². The van der Waals surface area contributed by atoms with Gasteiger partial charge < -0.3 is 10.2 Å². The molecule has 0 aromatic heterocycles. The van der Waals surface area contributed by atoms with E-state index >= 15 is 0 Å². The van der Waals surface area contributed by atoms with Gasteiger partial charge in [-0.15, -0.1) is 0 Å². The van der Waals surface area contributed by atoms with Crippen LogP contribution < -0.4 is 0 Å². The molecule has 0 unspecified atom stereocenters.